The van der Waals surface area contributed by atoms with Gasteiger partial charge < -0.3 is 4.42 Å². The van der Waals surface area contributed by atoms with E-state index < -0.39 is 0 Å². The van der Waals surface area contributed by atoms with E-state index in [9.17, 15) is 0 Å². The summed E-state index contributed by atoms with van der Waals surface area (Å²) in [7, 11) is 0. The van der Waals surface area contributed by atoms with Crippen LogP contribution in [0.1, 0.15) is 18.4 Å². The summed E-state index contributed by atoms with van der Waals surface area (Å²) < 4.78 is 5.53. The van der Waals surface area contributed by atoms with Gasteiger partial charge in [-0.25, -0.2) is 0 Å². The minimum Gasteiger partial charge on any atom is -0.416 e. The fourth-order valence-electron chi connectivity index (χ4n) is 1.33. The summed E-state index contributed by atoms with van der Waals surface area (Å²) in [5.41, 5.74) is 2.18. The van der Waals surface area contributed by atoms with E-state index >= 15 is 0 Å². The Kier molecular flexibility index (Phi) is 4.44. The Hall–Kier alpha value is -1.26. The zero-order valence-corrected chi connectivity index (χ0v) is 11.6. The van der Waals surface area contributed by atoms with Crippen LogP contribution in [0.4, 0.5) is 0 Å². The maximum atomic E-state index is 5.83. The zero-order valence-electron chi connectivity index (χ0n) is 10.0. The van der Waals surface area contributed by atoms with E-state index in [1.165, 1.54) is 11.8 Å². The van der Waals surface area contributed by atoms with Crippen molar-refractivity contribution in [2.24, 2.45) is 0 Å². The summed E-state index contributed by atoms with van der Waals surface area (Å²) in [6, 6.07) is 7.61. The van der Waals surface area contributed by atoms with Gasteiger partial charge in [0.05, 0.1) is 6.42 Å². The fraction of sp³-hybridized carbons (Fsp3) is 0.231. The molecule has 0 radical (unpaired) electrons. The van der Waals surface area contributed by atoms with Crippen LogP contribution in [-0.2, 0) is 6.42 Å². The molecule has 0 bridgehead atoms. The highest BCUT2D eigenvalue weighted by Crippen LogP contribution is 2.20. The van der Waals surface area contributed by atoms with E-state index in [0.29, 0.717) is 17.5 Å². The van der Waals surface area contributed by atoms with Crippen LogP contribution in [-0.4, -0.2) is 16.0 Å². The maximum Gasteiger partial charge on any atom is 0.276 e. The molecule has 18 heavy (non-hydrogen) atoms. The third kappa shape index (κ3) is 3.89. The van der Waals surface area contributed by atoms with Gasteiger partial charge in [0.1, 0.15) is 0 Å². The summed E-state index contributed by atoms with van der Waals surface area (Å²) >= 11 is 7.33. The molecular formula is C13H13ClN2OS. The molecule has 0 spiro atoms. The topological polar surface area (TPSA) is 38.9 Å². The van der Waals surface area contributed by atoms with Crippen LogP contribution in [0.25, 0.3) is 0 Å². The van der Waals surface area contributed by atoms with Gasteiger partial charge in [0.2, 0.25) is 5.89 Å². The lowest BCUT2D eigenvalue weighted by atomic mass is 10.1. The van der Waals surface area contributed by atoms with E-state index in [-0.39, 0.29) is 0 Å². The molecule has 1 aromatic heterocycles. The van der Waals surface area contributed by atoms with Crippen LogP contribution in [0.15, 0.2) is 46.1 Å². The zero-order chi connectivity index (χ0) is 13.0. The SMILES string of the molecule is C=C(C)CSc1nnc(Cc2ccc(Cl)cc2)o1. The quantitative estimate of drug-likeness (QED) is 0.613. The first-order chi connectivity index (χ1) is 8.63. The highest BCUT2D eigenvalue weighted by molar-refractivity contribution is 7.99. The van der Waals surface area contributed by atoms with Gasteiger partial charge in [0.25, 0.3) is 5.22 Å². The second kappa shape index (κ2) is 6.07. The highest BCUT2D eigenvalue weighted by Gasteiger charge is 2.07. The molecule has 2 rings (SSSR count). The van der Waals surface area contributed by atoms with Crippen molar-refractivity contribution in [3.8, 4) is 0 Å². The number of benzene rings is 1. The average Bonchev–Trinajstić information content (AvgIpc) is 2.77. The normalized spacial score (nSPS) is 10.6. The Morgan fingerprint density at radius 3 is 2.72 bits per heavy atom. The summed E-state index contributed by atoms with van der Waals surface area (Å²) in [6.45, 7) is 5.80. The van der Waals surface area contributed by atoms with Crippen molar-refractivity contribution in [1.29, 1.82) is 0 Å². The molecular weight excluding hydrogens is 268 g/mol. The standard InChI is InChI=1S/C13H13ClN2OS/c1-9(2)8-18-13-16-15-12(17-13)7-10-3-5-11(14)6-4-10/h3-6H,1,7-8H2,2H3. The molecule has 0 saturated carbocycles. The third-order valence-electron chi connectivity index (χ3n) is 2.16. The largest absolute Gasteiger partial charge is 0.416 e. The Labute approximate surface area is 115 Å². The molecule has 0 unspecified atom stereocenters. The van der Waals surface area contributed by atoms with Crippen LogP contribution >= 0.6 is 23.4 Å². The molecule has 0 saturated heterocycles. The first-order valence-corrected chi connectivity index (χ1v) is 6.84. The van der Waals surface area contributed by atoms with Gasteiger partial charge in [0.15, 0.2) is 0 Å². The Morgan fingerprint density at radius 2 is 2.06 bits per heavy atom. The van der Waals surface area contributed by atoms with Crippen molar-refractivity contribution >= 4 is 23.4 Å². The van der Waals surface area contributed by atoms with Crippen molar-refractivity contribution in [3.63, 3.8) is 0 Å². The molecule has 0 aliphatic carbocycles. The summed E-state index contributed by atoms with van der Waals surface area (Å²) in [5, 5.41) is 9.30. The molecule has 0 aliphatic rings. The highest BCUT2D eigenvalue weighted by atomic mass is 35.5. The van der Waals surface area contributed by atoms with Gasteiger partial charge in [0, 0.05) is 10.8 Å². The van der Waals surface area contributed by atoms with E-state index in [0.717, 1.165) is 21.9 Å². The van der Waals surface area contributed by atoms with Crippen molar-refractivity contribution in [2.75, 3.05) is 5.75 Å². The third-order valence-corrected chi connectivity index (χ3v) is 3.46. The van der Waals surface area contributed by atoms with Gasteiger partial charge in [-0.05, 0) is 24.6 Å². The predicted molar refractivity (Wildman–Crippen MR) is 74.1 cm³/mol. The fourth-order valence-corrected chi connectivity index (χ4v) is 2.08. The summed E-state index contributed by atoms with van der Waals surface area (Å²) in [5.74, 6) is 1.41. The van der Waals surface area contributed by atoms with Crippen LogP contribution in [0.3, 0.4) is 0 Å². The van der Waals surface area contributed by atoms with E-state index in [2.05, 4.69) is 16.8 Å². The van der Waals surface area contributed by atoms with Crippen molar-refractivity contribution in [3.05, 3.63) is 52.9 Å². The molecule has 0 fully saturated rings. The second-order valence-electron chi connectivity index (χ2n) is 4.01. The lowest BCUT2D eigenvalue weighted by Crippen LogP contribution is -1.87. The lowest BCUT2D eigenvalue weighted by molar-refractivity contribution is 0.420. The van der Waals surface area contributed by atoms with Crippen molar-refractivity contribution in [2.45, 2.75) is 18.6 Å². The van der Waals surface area contributed by atoms with E-state index in [1.807, 2.05) is 31.2 Å². The minimum absolute atomic E-state index is 0.585. The van der Waals surface area contributed by atoms with Crippen molar-refractivity contribution < 1.29 is 4.42 Å². The predicted octanol–water partition coefficient (Wildman–Crippen LogP) is 3.98. The first kappa shape index (κ1) is 13.2. The molecule has 0 aliphatic heterocycles. The number of hydrogen-bond donors (Lipinski definition) is 0. The van der Waals surface area contributed by atoms with Crippen molar-refractivity contribution in [1.82, 2.24) is 10.2 Å². The number of thioether (sulfide) groups is 1. The molecule has 5 heteroatoms. The van der Waals surface area contributed by atoms with Gasteiger partial charge >= 0.3 is 0 Å². The molecule has 1 aromatic carbocycles. The first-order valence-electron chi connectivity index (χ1n) is 5.47. The van der Waals surface area contributed by atoms with E-state index in [4.69, 9.17) is 16.0 Å². The van der Waals surface area contributed by atoms with Gasteiger partial charge in [-0.15, -0.1) is 10.2 Å². The number of rotatable bonds is 5. The van der Waals surface area contributed by atoms with Crippen LogP contribution < -0.4 is 0 Å². The molecule has 0 N–H and O–H groups in total. The van der Waals surface area contributed by atoms with Gasteiger partial charge in [-0.2, -0.15) is 0 Å². The number of aromatic nitrogens is 2. The smallest absolute Gasteiger partial charge is 0.276 e. The lowest BCUT2D eigenvalue weighted by Gasteiger charge is -1.97. The number of nitrogens with zero attached hydrogens (tertiary/aromatic N) is 2. The molecule has 3 nitrogen and oxygen atoms in total. The molecule has 2 aromatic rings. The number of halogens is 1. The molecule has 1 heterocycles. The molecule has 94 valence electrons. The average molecular weight is 281 g/mol. The second-order valence-corrected chi connectivity index (χ2v) is 5.37. The summed E-state index contributed by atoms with van der Waals surface area (Å²) in [6.07, 6.45) is 0.623. The molecule has 0 atom stereocenters. The summed E-state index contributed by atoms with van der Waals surface area (Å²) in [4.78, 5) is 0. The molecule has 0 amide bonds. The Balaban J connectivity index is 1.97. The van der Waals surface area contributed by atoms with Gasteiger partial charge in [-0.3, -0.25) is 0 Å². The Morgan fingerprint density at radius 1 is 1.33 bits per heavy atom. The minimum atomic E-state index is 0.585. The van der Waals surface area contributed by atoms with Crippen LogP contribution in [0.5, 0.6) is 0 Å². The van der Waals surface area contributed by atoms with Crippen LogP contribution in [0.2, 0.25) is 5.02 Å². The van der Waals surface area contributed by atoms with Gasteiger partial charge in [-0.1, -0.05) is 47.6 Å². The number of hydrogen-bond acceptors (Lipinski definition) is 4. The van der Waals surface area contributed by atoms with Crippen LogP contribution in [0, 0.1) is 0 Å². The Bertz CT molecular complexity index is 536. The monoisotopic (exact) mass is 280 g/mol. The van der Waals surface area contributed by atoms with E-state index in [1.54, 1.807) is 0 Å². The maximum absolute atomic E-state index is 5.83.